The van der Waals surface area contributed by atoms with Crippen LogP contribution in [0.3, 0.4) is 0 Å². The molecule has 0 aliphatic carbocycles. The molecule has 53 heavy (non-hydrogen) atoms. The van der Waals surface area contributed by atoms with Crippen LogP contribution < -0.4 is 10.8 Å². The standard InChI is InChI=1S/C30H37F7N5O10P/c1-14(16-9-17(29(32,33)34)11-18(10-16)30(35,36)37)52-27-22(15-3-5-19(31)6-4-15)41(7-8-51-27)12-21-39-28(49)42(40-21)53(50,38-2)26(48)25(47)24(46)23(45)20(44)13-43/h3-6,9-11,14,20,22-27,43-48H,7-8,12-13H2,1-2H3,(H,38,50)(H,39,40,49)/t14-,20+,22+,23+,24-,25+,26?,27-,53?/m1/s1. The molecule has 15 nitrogen and oxygen atoms in total. The summed E-state index contributed by atoms with van der Waals surface area (Å²) < 4.78 is 121. The summed E-state index contributed by atoms with van der Waals surface area (Å²) in [5.41, 5.74) is -4.53. The number of morpholine rings is 1. The van der Waals surface area contributed by atoms with Gasteiger partial charge >= 0.3 is 18.0 Å². The number of aromatic amines is 1. The van der Waals surface area contributed by atoms with Crippen molar-refractivity contribution in [1.82, 2.24) is 24.5 Å². The number of H-pyrrole nitrogens is 1. The monoisotopic (exact) mass is 791 g/mol. The number of alkyl halides is 6. The third-order valence-corrected chi connectivity index (χ3v) is 11.0. The van der Waals surface area contributed by atoms with Crippen molar-refractivity contribution < 1.29 is 75.4 Å². The minimum atomic E-state index is -5.13. The number of nitrogens with zero attached hydrogens (tertiary/aromatic N) is 3. The topological polar surface area (TPSA) is 223 Å². The molecule has 1 aliphatic rings. The van der Waals surface area contributed by atoms with Crippen molar-refractivity contribution >= 4 is 7.44 Å². The Morgan fingerprint density at radius 1 is 1.00 bits per heavy atom. The van der Waals surface area contributed by atoms with Gasteiger partial charge < -0.3 is 40.1 Å². The number of ether oxygens (including phenoxy) is 2. The van der Waals surface area contributed by atoms with Gasteiger partial charge in [-0.15, -0.1) is 9.55 Å². The summed E-state index contributed by atoms with van der Waals surface area (Å²) in [6, 6.07) is 4.68. The fourth-order valence-corrected chi connectivity index (χ4v) is 7.41. The number of hydrogen-bond acceptors (Lipinski definition) is 12. The number of aliphatic hydroxyl groups is 6. The number of hydrogen-bond donors (Lipinski definition) is 8. The van der Waals surface area contributed by atoms with Gasteiger partial charge in [-0.2, -0.15) is 26.3 Å². The van der Waals surface area contributed by atoms with Gasteiger partial charge in [-0.25, -0.2) is 9.18 Å². The summed E-state index contributed by atoms with van der Waals surface area (Å²) >= 11 is 0. The molecular weight excluding hydrogens is 754 g/mol. The molecule has 0 amide bonds. The van der Waals surface area contributed by atoms with Crippen LogP contribution in [0.25, 0.3) is 0 Å². The minimum absolute atomic E-state index is 0.0231. The summed E-state index contributed by atoms with van der Waals surface area (Å²) in [6.07, 6.45) is -22.1. The van der Waals surface area contributed by atoms with Gasteiger partial charge in [0.1, 0.15) is 36.1 Å². The Morgan fingerprint density at radius 3 is 2.11 bits per heavy atom. The molecule has 2 unspecified atom stereocenters. The molecule has 8 N–H and O–H groups in total. The van der Waals surface area contributed by atoms with Crippen LogP contribution in [0.2, 0.25) is 0 Å². The fourth-order valence-electron chi connectivity index (χ4n) is 5.58. The van der Waals surface area contributed by atoms with Gasteiger partial charge in [0.15, 0.2) is 12.1 Å². The molecular formula is C30H37F7N5O10P. The van der Waals surface area contributed by atoms with E-state index in [4.69, 9.17) is 14.6 Å². The third kappa shape index (κ3) is 9.51. The minimum Gasteiger partial charge on any atom is -0.394 e. The van der Waals surface area contributed by atoms with E-state index in [-0.39, 0.29) is 36.0 Å². The van der Waals surface area contributed by atoms with Crippen molar-refractivity contribution in [3.05, 3.63) is 86.8 Å². The highest BCUT2D eigenvalue weighted by molar-refractivity contribution is 7.60. The number of nitrogens with one attached hydrogen (secondary N) is 2. The molecule has 2 aromatic carbocycles. The summed E-state index contributed by atoms with van der Waals surface area (Å²) in [5.74, 6) is -3.42. The lowest BCUT2D eigenvalue weighted by atomic mass is 10.0. The molecule has 9 atom stereocenters. The van der Waals surface area contributed by atoms with Crippen LogP contribution in [0.5, 0.6) is 0 Å². The van der Waals surface area contributed by atoms with Crippen LogP contribution in [0.15, 0.2) is 47.3 Å². The zero-order chi connectivity index (χ0) is 39.6. The molecule has 23 heteroatoms. The van der Waals surface area contributed by atoms with Gasteiger partial charge in [0.25, 0.3) is 7.44 Å². The van der Waals surface area contributed by atoms with E-state index >= 15 is 0 Å². The highest BCUT2D eigenvalue weighted by Crippen LogP contribution is 2.46. The first-order chi connectivity index (χ1) is 24.6. The first kappa shape index (κ1) is 42.5. The second-order valence-electron chi connectivity index (χ2n) is 12.1. The number of rotatable bonds is 14. The highest BCUT2D eigenvalue weighted by atomic mass is 31.2. The van der Waals surface area contributed by atoms with Crippen LogP contribution >= 0.6 is 7.44 Å². The van der Waals surface area contributed by atoms with E-state index in [1.54, 1.807) is 0 Å². The zero-order valence-electron chi connectivity index (χ0n) is 27.7. The Kier molecular flexibility index (Phi) is 13.3. The predicted octanol–water partition coefficient (Wildman–Crippen LogP) is 1.44. The van der Waals surface area contributed by atoms with Crippen LogP contribution in [0.1, 0.15) is 47.1 Å². The first-order valence-corrected chi connectivity index (χ1v) is 17.4. The van der Waals surface area contributed by atoms with E-state index in [0.717, 1.165) is 19.2 Å². The third-order valence-electron chi connectivity index (χ3n) is 8.49. The molecule has 296 valence electrons. The van der Waals surface area contributed by atoms with Gasteiger partial charge in [-0.1, -0.05) is 12.1 Å². The van der Waals surface area contributed by atoms with E-state index in [0.29, 0.717) is 17.7 Å². The second kappa shape index (κ2) is 16.6. The molecule has 1 saturated heterocycles. The molecule has 4 rings (SSSR count). The molecule has 1 aromatic heterocycles. The summed E-state index contributed by atoms with van der Waals surface area (Å²) in [5, 5.41) is 66.2. The molecule has 0 spiro atoms. The van der Waals surface area contributed by atoms with Crippen molar-refractivity contribution in [2.75, 3.05) is 26.8 Å². The average molecular weight is 792 g/mol. The lowest BCUT2D eigenvalue weighted by Gasteiger charge is -2.41. The SMILES string of the molecule is CNP(=O)(C(O)[C@@H](O)[C@H](O)[C@@H](O)[C@@H](O)CO)n1nc(CN2CCO[C@H](O[C@H](C)c3cc(C(F)(F)F)cc(C(F)(F)F)c3)[C@@H]2c2ccc(F)cc2)[nH]c1=O. The lowest BCUT2D eigenvalue weighted by molar-refractivity contribution is -0.231. The van der Waals surface area contributed by atoms with Gasteiger partial charge in [-0.3, -0.25) is 19.5 Å². The van der Waals surface area contributed by atoms with Crippen molar-refractivity contribution in [3.8, 4) is 0 Å². The van der Waals surface area contributed by atoms with Gasteiger partial charge in [0.2, 0.25) is 0 Å². The van der Waals surface area contributed by atoms with E-state index < -0.39 is 103 Å². The van der Waals surface area contributed by atoms with E-state index in [1.165, 1.54) is 24.0 Å². The second-order valence-corrected chi connectivity index (χ2v) is 14.7. The van der Waals surface area contributed by atoms with Crippen molar-refractivity contribution in [2.45, 2.75) is 74.5 Å². The Morgan fingerprint density at radius 2 is 1.58 bits per heavy atom. The average Bonchev–Trinajstić information content (AvgIpc) is 3.49. The Bertz CT molecular complexity index is 1760. The van der Waals surface area contributed by atoms with E-state index in [2.05, 4.69) is 15.2 Å². The van der Waals surface area contributed by atoms with Crippen LogP contribution in [-0.2, 0) is 32.9 Å². The fraction of sp³-hybridized carbons (Fsp3) is 0.533. The lowest BCUT2D eigenvalue weighted by Crippen LogP contribution is -2.51. The van der Waals surface area contributed by atoms with Gasteiger partial charge in [0.05, 0.1) is 43.0 Å². The smallest absolute Gasteiger partial charge is 0.394 e. The number of aromatic nitrogens is 3. The maximum Gasteiger partial charge on any atom is 0.416 e. The summed E-state index contributed by atoms with van der Waals surface area (Å²) in [7, 11) is -3.73. The highest BCUT2D eigenvalue weighted by Gasteiger charge is 2.46. The Labute approximate surface area is 295 Å². The number of aliphatic hydroxyl groups excluding tert-OH is 6. The molecule has 0 saturated carbocycles. The molecule has 1 aliphatic heterocycles. The van der Waals surface area contributed by atoms with Crippen molar-refractivity contribution in [2.24, 2.45) is 0 Å². The quantitative estimate of drug-likeness (QED) is 0.0857. The summed E-state index contributed by atoms with van der Waals surface area (Å²) in [6.45, 7) is -0.321. The molecule has 3 aromatic rings. The van der Waals surface area contributed by atoms with E-state index in [9.17, 15) is 65.6 Å². The zero-order valence-corrected chi connectivity index (χ0v) is 28.6. The predicted molar refractivity (Wildman–Crippen MR) is 167 cm³/mol. The summed E-state index contributed by atoms with van der Waals surface area (Å²) in [4.78, 5) is 16.9. The number of benzene rings is 2. The van der Waals surface area contributed by atoms with Crippen molar-refractivity contribution in [3.63, 3.8) is 0 Å². The molecule has 1 fully saturated rings. The van der Waals surface area contributed by atoms with E-state index in [1.807, 2.05) is 0 Å². The molecule has 0 bridgehead atoms. The Balaban J connectivity index is 1.66. The van der Waals surface area contributed by atoms with Crippen molar-refractivity contribution in [1.29, 1.82) is 0 Å². The molecule has 0 radical (unpaired) electrons. The molecule has 2 heterocycles. The normalized spacial score (nSPS) is 22.1. The maximum absolute atomic E-state index is 13.9. The Hall–Kier alpha value is -3.28. The first-order valence-electron chi connectivity index (χ1n) is 15.7. The van der Waals surface area contributed by atoms with Gasteiger partial charge in [-0.05, 0) is 55.4 Å². The number of halogens is 7. The van der Waals surface area contributed by atoms with Crippen LogP contribution in [0, 0.1) is 5.82 Å². The van der Waals surface area contributed by atoms with Gasteiger partial charge in [0, 0.05) is 6.54 Å². The van der Waals surface area contributed by atoms with Crippen LogP contribution in [-0.4, -0.2) is 113 Å². The maximum atomic E-state index is 13.9. The van der Waals surface area contributed by atoms with Crippen LogP contribution in [0.4, 0.5) is 30.7 Å². The largest absolute Gasteiger partial charge is 0.416 e.